The molecule has 7 heteroatoms. The number of piperidine rings is 1. The summed E-state index contributed by atoms with van der Waals surface area (Å²) in [6.07, 6.45) is 4.43. The van der Waals surface area contributed by atoms with Gasteiger partial charge in [-0.15, -0.1) is 0 Å². The number of ether oxygens (including phenoxy) is 1. The SMILES string of the molecule is CCOC(=O)[C@H]1CCCN(C(=O)CN(C)C(=O)/C=C/c2ccc(C)o2)C1. The molecule has 1 aromatic rings. The van der Waals surface area contributed by atoms with Crippen LogP contribution in [0.15, 0.2) is 22.6 Å². The Morgan fingerprint density at radius 2 is 2.15 bits per heavy atom. The fourth-order valence-corrected chi connectivity index (χ4v) is 2.86. The minimum atomic E-state index is -0.286. The highest BCUT2D eigenvalue weighted by atomic mass is 16.5. The summed E-state index contributed by atoms with van der Waals surface area (Å²) < 4.78 is 10.4. The van der Waals surface area contributed by atoms with E-state index in [0.29, 0.717) is 25.5 Å². The van der Waals surface area contributed by atoms with Gasteiger partial charge in [-0.2, -0.15) is 0 Å². The summed E-state index contributed by atoms with van der Waals surface area (Å²) >= 11 is 0. The molecule has 1 aliphatic rings. The van der Waals surface area contributed by atoms with Crippen molar-refractivity contribution >= 4 is 23.9 Å². The second-order valence-corrected chi connectivity index (χ2v) is 6.41. The summed E-state index contributed by atoms with van der Waals surface area (Å²) in [5, 5.41) is 0. The predicted octanol–water partition coefficient (Wildman–Crippen LogP) is 1.86. The number of hydrogen-bond acceptors (Lipinski definition) is 5. The number of nitrogens with zero attached hydrogens (tertiary/aromatic N) is 2. The second kappa shape index (κ2) is 9.22. The minimum Gasteiger partial charge on any atom is -0.466 e. The molecule has 0 aliphatic carbocycles. The van der Waals surface area contributed by atoms with Gasteiger partial charge < -0.3 is 19.0 Å². The highest BCUT2D eigenvalue weighted by Gasteiger charge is 2.29. The Morgan fingerprint density at radius 1 is 1.38 bits per heavy atom. The molecule has 1 aliphatic heterocycles. The lowest BCUT2D eigenvalue weighted by molar-refractivity contribution is -0.151. The molecule has 0 spiro atoms. The predicted molar refractivity (Wildman–Crippen MR) is 96.1 cm³/mol. The molecule has 7 nitrogen and oxygen atoms in total. The third-order valence-corrected chi connectivity index (χ3v) is 4.29. The summed E-state index contributed by atoms with van der Waals surface area (Å²) in [5.41, 5.74) is 0. The van der Waals surface area contributed by atoms with Gasteiger partial charge in [0.25, 0.3) is 0 Å². The quantitative estimate of drug-likeness (QED) is 0.570. The van der Waals surface area contributed by atoms with Crippen LogP contribution in [-0.4, -0.2) is 60.9 Å². The Hall–Kier alpha value is -2.57. The topological polar surface area (TPSA) is 80.1 Å². The number of likely N-dealkylation sites (tertiary alicyclic amines) is 1. The molecule has 0 saturated carbocycles. The van der Waals surface area contributed by atoms with E-state index in [9.17, 15) is 14.4 Å². The molecule has 0 radical (unpaired) electrons. The van der Waals surface area contributed by atoms with Crippen LogP contribution in [0.1, 0.15) is 31.3 Å². The number of esters is 1. The molecule has 1 saturated heterocycles. The Labute approximate surface area is 153 Å². The summed E-state index contributed by atoms with van der Waals surface area (Å²) in [7, 11) is 1.57. The van der Waals surface area contributed by atoms with Gasteiger partial charge in [0.05, 0.1) is 19.1 Å². The fourth-order valence-electron chi connectivity index (χ4n) is 2.86. The number of aryl methyl sites for hydroxylation is 1. The van der Waals surface area contributed by atoms with Crippen LogP contribution in [0.4, 0.5) is 0 Å². The summed E-state index contributed by atoms with van der Waals surface area (Å²) in [6, 6.07) is 3.58. The Morgan fingerprint density at radius 3 is 2.81 bits per heavy atom. The molecule has 26 heavy (non-hydrogen) atoms. The van der Waals surface area contributed by atoms with Crippen molar-refractivity contribution in [3.8, 4) is 0 Å². The summed E-state index contributed by atoms with van der Waals surface area (Å²) in [6.45, 7) is 4.84. The van der Waals surface area contributed by atoms with Crippen LogP contribution in [0.2, 0.25) is 0 Å². The molecule has 1 atom stereocenters. The van der Waals surface area contributed by atoms with E-state index >= 15 is 0 Å². The van der Waals surface area contributed by atoms with Gasteiger partial charge in [-0.3, -0.25) is 14.4 Å². The van der Waals surface area contributed by atoms with Crippen molar-refractivity contribution in [3.63, 3.8) is 0 Å². The van der Waals surface area contributed by atoms with Crippen molar-refractivity contribution in [1.82, 2.24) is 9.80 Å². The van der Waals surface area contributed by atoms with Crippen LogP contribution in [0.5, 0.6) is 0 Å². The highest BCUT2D eigenvalue weighted by molar-refractivity contribution is 5.94. The zero-order valence-corrected chi connectivity index (χ0v) is 15.6. The minimum absolute atomic E-state index is 0.0318. The van der Waals surface area contributed by atoms with Gasteiger partial charge in [0.2, 0.25) is 11.8 Å². The number of carbonyl (C=O) groups excluding carboxylic acids is 3. The van der Waals surface area contributed by atoms with E-state index in [0.717, 1.165) is 18.6 Å². The molecule has 1 fully saturated rings. The molecule has 1 aromatic heterocycles. The van der Waals surface area contributed by atoms with Crippen LogP contribution in [0.25, 0.3) is 6.08 Å². The van der Waals surface area contributed by atoms with Gasteiger partial charge in [0.15, 0.2) is 0 Å². The fraction of sp³-hybridized carbons (Fsp3) is 0.526. The van der Waals surface area contributed by atoms with Crippen molar-refractivity contribution < 1.29 is 23.5 Å². The zero-order chi connectivity index (χ0) is 19.1. The number of furan rings is 1. The summed E-state index contributed by atoms with van der Waals surface area (Å²) in [4.78, 5) is 39.5. The van der Waals surface area contributed by atoms with Crippen LogP contribution < -0.4 is 0 Å². The maximum Gasteiger partial charge on any atom is 0.310 e. The van der Waals surface area contributed by atoms with Gasteiger partial charge >= 0.3 is 5.97 Å². The molecule has 0 N–H and O–H groups in total. The molecule has 0 unspecified atom stereocenters. The van der Waals surface area contributed by atoms with E-state index in [1.807, 2.05) is 13.0 Å². The van der Waals surface area contributed by atoms with Gasteiger partial charge in [0.1, 0.15) is 11.5 Å². The molecule has 0 aromatic carbocycles. The van der Waals surface area contributed by atoms with E-state index in [1.54, 1.807) is 31.0 Å². The average molecular weight is 362 g/mol. The van der Waals surface area contributed by atoms with Crippen molar-refractivity contribution in [2.45, 2.75) is 26.7 Å². The molecule has 2 heterocycles. The monoisotopic (exact) mass is 362 g/mol. The number of amides is 2. The lowest BCUT2D eigenvalue weighted by atomic mass is 9.98. The van der Waals surface area contributed by atoms with Crippen molar-refractivity contribution in [3.05, 3.63) is 29.7 Å². The van der Waals surface area contributed by atoms with Crippen LogP contribution in [-0.2, 0) is 19.1 Å². The van der Waals surface area contributed by atoms with Gasteiger partial charge in [-0.1, -0.05) is 0 Å². The number of likely N-dealkylation sites (N-methyl/N-ethyl adjacent to an activating group) is 1. The van der Waals surface area contributed by atoms with Crippen molar-refractivity contribution in [2.75, 3.05) is 33.3 Å². The molecule has 0 bridgehead atoms. The number of hydrogen-bond donors (Lipinski definition) is 0. The largest absolute Gasteiger partial charge is 0.466 e. The molecular weight excluding hydrogens is 336 g/mol. The number of rotatable bonds is 6. The zero-order valence-electron chi connectivity index (χ0n) is 15.6. The van der Waals surface area contributed by atoms with Gasteiger partial charge in [0, 0.05) is 26.2 Å². The van der Waals surface area contributed by atoms with Gasteiger partial charge in [-0.05, 0) is 44.9 Å². The Balaban J connectivity index is 1.86. The second-order valence-electron chi connectivity index (χ2n) is 6.41. The maximum atomic E-state index is 12.5. The van der Waals surface area contributed by atoms with Crippen LogP contribution >= 0.6 is 0 Å². The Kier molecular flexibility index (Phi) is 7.00. The first kappa shape index (κ1) is 19.8. The molecular formula is C19H26N2O5. The third kappa shape index (κ3) is 5.47. The average Bonchev–Trinajstić information content (AvgIpc) is 3.05. The van der Waals surface area contributed by atoms with E-state index < -0.39 is 0 Å². The van der Waals surface area contributed by atoms with Crippen LogP contribution in [0.3, 0.4) is 0 Å². The third-order valence-electron chi connectivity index (χ3n) is 4.29. The van der Waals surface area contributed by atoms with Crippen molar-refractivity contribution in [2.24, 2.45) is 5.92 Å². The first-order valence-electron chi connectivity index (χ1n) is 8.84. The number of carbonyl (C=O) groups is 3. The normalized spacial score (nSPS) is 17.3. The van der Waals surface area contributed by atoms with Crippen LogP contribution in [0, 0.1) is 12.8 Å². The van der Waals surface area contributed by atoms with E-state index in [1.165, 1.54) is 11.0 Å². The van der Waals surface area contributed by atoms with E-state index in [-0.39, 0.29) is 30.2 Å². The van der Waals surface area contributed by atoms with Gasteiger partial charge in [-0.25, -0.2) is 0 Å². The standard InChI is InChI=1S/C19H26N2O5/c1-4-25-19(24)15-6-5-11-21(12-15)18(23)13-20(3)17(22)10-9-16-8-7-14(2)26-16/h7-10,15H,4-6,11-13H2,1-3H3/b10-9+/t15-/m0/s1. The smallest absolute Gasteiger partial charge is 0.310 e. The first-order valence-corrected chi connectivity index (χ1v) is 8.84. The molecule has 2 rings (SSSR count). The molecule has 142 valence electrons. The van der Waals surface area contributed by atoms with Crippen molar-refractivity contribution in [1.29, 1.82) is 0 Å². The first-order chi connectivity index (χ1) is 12.4. The van der Waals surface area contributed by atoms with E-state index in [2.05, 4.69) is 0 Å². The highest BCUT2D eigenvalue weighted by Crippen LogP contribution is 2.18. The Bertz CT molecular complexity index is 679. The lowest BCUT2D eigenvalue weighted by Gasteiger charge is -2.32. The van der Waals surface area contributed by atoms with E-state index in [4.69, 9.17) is 9.15 Å². The lowest BCUT2D eigenvalue weighted by Crippen LogP contribution is -2.47. The maximum absolute atomic E-state index is 12.5. The molecule has 2 amide bonds. The summed E-state index contributed by atoms with van der Waals surface area (Å²) in [5.74, 6) is 0.357.